The van der Waals surface area contributed by atoms with Crippen molar-refractivity contribution in [2.24, 2.45) is 0 Å². The summed E-state index contributed by atoms with van der Waals surface area (Å²) >= 11 is 5.82. The Morgan fingerprint density at radius 2 is 1.86 bits per heavy atom. The second-order valence-corrected chi connectivity index (χ2v) is 5.01. The first kappa shape index (κ1) is 14.1. The molecule has 1 unspecified atom stereocenters. The number of hydrogen-bond acceptors (Lipinski definition) is 2. The Bertz CT molecular complexity index is 685. The fraction of sp³-hybridized carbons (Fsp3) is 0.214. The monoisotopic (exact) mass is 317 g/mol. The van der Waals surface area contributed by atoms with Gasteiger partial charge in [-0.25, -0.2) is 9.37 Å². The summed E-state index contributed by atoms with van der Waals surface area (Å²) < 4.78 is 57.0. The molecular formula is C14H8ClF4NO. The van der Waals surface area contributed by atoms with Gasteiger partial charge in [-0.05, 0) is 30.3 Å². The van der Waals surface area contributed by atoms with Crippen LogP contribution in [-0.2, 0) is 0 Å². The van der Waals surface area contributed by atoms with E-state index in [2.05, 4.69) is 4.98 Å². The van der Waals surface area contributed by atoms with Crippen LogP contribution in [0, 0.1) is 5.82 Å². The highest BCUT2D eigenvalue weighted by atomic mass is 35.5. The molecule has 21 heavy (non-hydrogen) atoms. The number of nitrogens with zero attached hydrogens (tertiary/aromatic N) is 1. The van der Waals surface area contributed by atoms with E-state index in [-0.39, 0.29) is 22.2 Å². The molecule has 3 rings (SSSR count). The summed E-state index contributed by atoms with van der Waals surface area (Å²) in [4.78, 5) is 4.01. The zero-order valence-electron chi connectivity index (χ0n) is 10.4. The van der Waals surface area contributed by atoms with E-state index >= 15 is 0 Å². The zero-order chi connectivity index (χ0) is 15.2. The molecule has 0 bridgehead atoms. The van der Waals surface area contributed by atoms with Gasteiger partial charge in [-0.15, -0.1) is 0 Å². The largest absolute Gasteiger partial charge is 0.490 e. The molecule has 0 N–H and O–H groups in total. The number of pyridine rings is 1. The quantitative estimate of drug-likeness (QED) is 0.567. The average molecular weight is 318 g/mol. The first-order chi connectivity index (χ1) is 9.86. The van der Waals surface area contributed by atoms with E-state index in [1.807, 2.05) is 0 Å². The first-order valence-corrected chi connectivity index (χ1v) is 6.40. The lowest BCUT2D eigenvalue weighted by Crippen LogP contribution is -2.21. The second kappa shape index (κ2) is 4.87. The minimum atomic E-state index is -4.42. The molecule has 1 aliphatic heterocycles. The van der Waals surface area contributed by atoms with Crippen molar-refractivity contribution in [3.05, 3.63) is 46.9 Å². The van der Waals surface area contributed by atoms with Crippen LogP contribution >= 0.6 is 11.6 Å². The van der Waals surface area contributed by atoms with Crippen molar-refractivity contribution in [1.29, 1.82) is 0 Å². The molecule has 0 saturated carbocycles. The van der Waals surface area contributed by atoms with Gasteiger partial charge in [-0.1, -0.05) is 11.6 Å². The number of alkyl halides is 3. The van der Waals surface area contributed by atoms with Gasteiger partial charge in [-0.2, -0.15) is 13.2 Å². The molecule has 2 aromatic rings. The zero-order valence-corrected chi connectivity index (χ0v) is 11.2. The molecule has 0 radical (unpaired) electrons. The molecule has 2 heterocycles. The SMILES string of the molecule is Fc1ccc(-c2nc(Cl)cc3c2OCC3C(F)(F)F)cc1. The summed E-state index contributed by atoms with van der Waals surface area (Å²) in [5, 5.41) is -0.0622. The van der Waals surface area contributed by atoms with E-state index in [9.17, 15) is 17.6 Å². The van der Waals surface area contributed by atoms with Crippen molar-refractivity contribution in [2.75, 3.05) is 6.61 Å². The number of fused-ring (bicyclic) bond motifs is 1. The van der Waals surface area contributed by atoms with Crippen LogP contribution in [0.3, 0.4) is 0 Å². The van der Waals surface area contributed by atoms with E-state index < -0.39 is 24.5 Å². The predicted octanol–water partition coefficient (Wildman–Crippen LogP) is 4.58. The Morgan fingerprint density at radius 1 is 1.19 bits per heavy atom. The molecule has 0 aliphatic carbocycles. The van der Waals surface area contributed by atoms with E-state index in [1.54, 1.807) is 0 Å². The van der Waals surface area contributed by atoms with Crippen molar-refractivity contribution in [3.8, 4) is 17.0 Å². The van der Waals surface area contributed by atoms with Gasteiger partial charge in [0, 0.05) is 11.1 Å². The van der Waals surface area contributed by atoms with E-state index in [0.29, 0.717) is 5.56 Å². The number of halogens is 5. The maximum atomic E-state index is 13.0. The Kier molecular flexibility index (Phi) is 3.28. The van der Waals surface area contributed by atoms with Gasteiger partial charge in [0.1, 0.15) is 34.9 Å². The van der Waals surface area contributed by atoms with Crippen LogP contribution < -0.4 is 4.74 Å². The third-order valence-electron chi connectivity index (χ3n) is 3.25. The van der Waals surface area contributed by atoms with Crippen molar-refractivity contribution < 1.29 is 22.3 Å². The van der Waals surface area contributed by atoms with Gasteiger partial charge in [0.15, 0.2) is 0 Å². The van der Waals surface area contributed by atoms with Crippen LogP contribution in [-0.4, -0.2) is 17.8 Å². The lowest BCUT2D eigenvalue weighted by molar-refractivity contribution is -0.151. The van der Waals surface area contributed by atoms with Crippen LogP contribution in [0.1, 0.15) is 11.5 Å². The summed E-state index contributed by atoms with van der Waals surface area (Å²) in [7, 11) is 0. The van der Waals surface area contributed by atoms with E-state index in [0.717, 1.165) is 6.07 Å². The molecular weight excluding hydrogens is 310 g/mol. The summed E-state index contributed by atoms with van der Waals surface area (Å²) in [5.41, 5.74) is 0.587. The lowest BCUT2D eigenvalue weighted by atomic mass is 9.99. The topological polar surface area (TPSA) is 22.1 Å². The Hall–Kier alpha value is -1.82. The molecule has 0 saturated heterocycles. The Labute approximate surface area is 122 Å². The maximum Gasteiger partial charge on any atom is 0.399 e. The number of benzene rings is 1. The Morgan fingerprint density at radius 3 is 2.48 bits per heavy atom. The summed E-state index contributed by atoms with van der Waals surface area (Å²) in [6.45, 7) is -0.505. The minimum absolute atomic E-state index is 0.0400. The molecule has 0 fully saturated rings. The van der Waals surface area contributed by atoms with E-state index in [1.165, 1.54) is 24.3 Å². The fourth-order valence-corrected chi connectivity index (χ4v) is 2.46. The highest BCUT2D eigenvalue weighted by Gasteiger charge is 2.47. The summed E-state index contributed by atoms with van der Waals surface area (Å²) in [5.74, 6) is -2.13. The van der Waals surface area contributed by atoms with Crippen LogP contribution in [0.15, 0.2) is 30.3 Å². The Balaban J connectivity index is 2.14. The molecule has 0 amide bonds. The van der Waals surface area contributed by atoms with E-state index in [4.69, 9.17) is 16.3 Å². The first-order valence-electron chi connectivity index (χ1n) is 6.02. The second-order valence-electron chi connectivity index (χ2n) is 4.62. The average Bonchev–Trinajstić information content (AvgIpc) is 2.82. The number of aromatic nitrogens is 1. The third kappa shape index (κ3) is 2.55. The van der Waals surface area contributed by atoms with Gasteiger partial charge in [-0.3, -0.25) is 0 Å². The van der Waals surface area contributed by atoms with Crippen LogP contribution in [0.2, 0.25) is 5.15 Å². The lowest BCUT2D eigenvalue weighted by Gasteiger charge is -2.13. The van der Waals surface area contributed by atoms with Gasteiger partial charge in [0.2, 0.25) is 0 Å². The predicted molar refractivity (Wildman–Crippen MR) is 68.9 cm³/mol. The third-order valence-corrected chi connectivity index (χ3v) is 3.45. The summed E-state index contributed by atoms with van der Waals surface area (Å²) in [6.07, 6.45) is -4.42. The van der Waals surface area contributed by atoms with Crippen molar-refractivity contribution in [3.63, 3.8) is 0 Å². The molecule has 0 spiro atoms. The van der Waals surface area contributed by atoms with Gasteiger partial charge in [0.05, 0.1) is 0 Å². The molecule has 110 valence electrons. The highest BCUT2D eigenvalue weighted by Crippen LogP contribution is 2.47. The standard InChI is InChI=1S/C14H8ClF4NO/c15-11-5-9-10(14(17,18)19)6-21-13(9)12(20-11)7-1-3-8(16)4-2-7/h1-5,10H,6H2. The molecule has 7 heteroatoms. The highest BCUT2D eigenvalue weighted by molar-refractivity contribution is 6.29. The molecule has 1 aromatic carbocycles. The number of hydrogen-bond donors (Lipinski definition) is 0. The van der Waals surface area contributed by atoms with Crippen LogP contribution in [0.25, 0.3) is 11.3 Å². The van der Waals surface area contributed by atoms with Crippen molar-refractivity contribution in [2.45, 2.75) is 12.1 Å². The van der Waals surface area contributed by atoms with Gasteiger partial charge < -0.3 is 4.74 Å². The molecule has 1 atom stereocenters. The van der Waals surface area contributed by atoms with Crippen molar-refractivity contribution >= 4 is 11.6 Å². The minimum Gasteiger partial charge on any atom is -0.490 e. The number of rotatable bonds is 1. The van der Waals surface area contributed by atoms with Gasteiger partial charge in [0.25, 0.3) is 0 Å². The number of ether oxygens (including phenoxy) is 1. The van der Waals surface area contributed by atoms with Gasteiger partial charge >= 0.3 is 6.18 Å². The normalized spacial score (nSPS) is 17.5. The maximum absolute atomic E-state index is 13.0. The summed E-state index contributed by atoms with van der Waals surface area (Å²) in [6, 6.07) is 6.38. The van der Waals surface area contributed by atoms with Crippen LogP contribution in [0.5, 0.6) is 5.75 Å². The molecule has 1 aromatic heterocycles. The molecule has 2 nitrogen and oxygen atoms in total. The fourth-order valence-electron chi connectivity index (χ4n) is 2.26. The molecule has 1 aliphatic rings. The van der Waals surface area contributed by atoms with Crippen molar-refractivity contribution in [1.82, 2.24) is 4.98 Å². The van der Waals surface area contributed by atoms with Crippen LogP contribution in [0.4, 0.5) is 17.6 Å². The smallest absolute Gasteiger partial charge is 0.399 e.